The van der Waals surface area contributed by atoms with Crippen molar-refractivity contribution in [3.63, 3.8) is 0 Å². The summed E-state index contributed by atoms with van der Waals surface area (Å²) in [6, 6.07) is 9.13. The van der Waals surface area contributed by atoms with Crippen LogP contribution in [0.4, 0.5) is 0 Å². The van der Waals surface area contributed by atoms with Crippen LogP contribution in [0.1, 0.15) is 11.1 Å². The van der Waals surface area contributed by atoms with Gasteiger partial charge < -0.3 is 4.74 Å². The summed E-state index contributed by atoms with van der Waals surface area (Å²) in [7, 11) is 0. The second-order valence-corrected chi connectivity index (χ2v) is 3.77. The number of ether oxygens (including phenoxy) is 1. The first-order chi connectivity index (χ1) is 7.42. The Labute approximate surface area is 88.5 Å². The number of amidine groups is 1. The van der Waals surface area contributed by atoms with Gasteiger partial charge in [0.1, 0.15) is 6.61 Å². The van der Waals surface area contributed by atoms with E-state index >= 15 is 0 Å². The molecule has 4 heteroatoms. The average molecular weight is 203 g/mol. The van der Waals surface area contributed by atoms with Gasteiger partial charge in [0.2, 0.25) is 0 Å². The summed E-state index contributed by atoms with van der Waals surface area (Å²) in [6.45, 7) is 3.29. The van der Waals surface area contributed by atoms with Gasteiger partial charge in [-0.2, -0.15) is 0 Å². The maximum atomic E-state index is 5.31. The van der Waals surface area contributed by atoms with Crippen molar-refractivity contribution in [2.45, 2.75) is 13.1 Å². The molecule has 1 aromatic carbocycles. The van der Waals surface area contributed by atoms with E-state index in [9.17, 15) is 0 Å². The van der Waals surface area contributed by atoms with Gasteiger partial charge in [-0.3, -0.25) is 5.43 Å². The number of hydrazine groups is 1. The van der Waals surface area contributed by atoms with Gasteiger partial charge in [-0.1, -0.05) is 24.3 Å². The number of aliphatic imine (C=N–C) groups is 1. The number of nitrogens with zero attached hydrogens (tertiary/aromatic N) is 2. The Balaban J connectivity index is 1.68. The van der Waals surface area contributed by atoms with Crippen LogP contribution in [0.15, 0.2) is 29.3 Å². The lowest BCUT2D eigenvalue weighted by Gasteiger charge is -2.16. The van der Waals surface area contributed by atoms with E-state index in [1.54, 1.807) is 0 Å². The van der Waals surface area contributed by atoms with E-state index in [0.717, 1.165) is 19.6 Å². The number of hydrogen-bond donors (Lipinski definition) is 1. The van der Waals surface area contributed by atoms with Crippen molar-refractivity contribution in [1.82, 2.24) is 10.4 Å². The lowest BCUT2D eigenvalue weighted by Crippen LogP contribution is -2.38. The summed E-state index contributed by atoms with van der Waals surface area (Å²) in [5.41, 5.74) is 5.94. The van der Waals surface area contributed by atoms with Gasteiger partial charge in [0, 0.05) is 13.1 Å². The van der Waals surface area contributed by atoms with E-state index in [4.69, 9.17) is 4.74 Å². The lowest BCUT2D eigenvalue weighted by atomic mass is 10.1. The van der Waals surface area contributed by atoms with Crippen molar-refractivity contribution >= 4 is 6.02 Å². The highest BCUT2D eigenvalue weighted by atomic mass is 16.5. The Morgan fingerprint density at radius 2 is 1.93 bits per heavy atom. The molecule has 0 unspecified atom stereocenters. The smallest absolute Gasteiger partial charge is 0.299 e. The van der Waals surface area contributed by atoms with Crippen molar-refractivity contribution in [3.05, 3.63) is 35.4 Å². The normalized spacial score (nSPS) is 19.6. The monoisotopic (exact) mass is 203 g/mol. The molecule has 0 bridgehead atoms. The van der Waals surface area contributed by atoms with E-state index in [1.807, 2.05) is 0 Å². The SMILES string of the molecule is c1ccc2c(c1)CN(NC1=NCCO1)C2. The molecule has 0 aromatic heterocycles. The summed E-state index contributed by atoms with van der Waals surface area (Å²) >= 11 is 0. The van der Waals surface area contributed by atoms with Gasteiger partial charge in [0.15, 0.2) is 0 Å². The predicted molar refractivity (Wildman–Crippen MR) is 57.1 cm³/mol. The first-order valence-corrected chi connectivity index (χ1v) is 5.17. The summed E-state index contributed by atoms with van der Waals surface area (Å²) in [5, 5.41) is 2.12. The zero-order valence-corrected chi connectivity index (χ0v) is 8.44. The van der Waals surface area contributed by atoms with Crippen molar-refractivity contribution in [2.24, 2.45) is 4.99 Å². The molecular formula is C11H13N3O. The first kappa shape index (κ1) is 8.73. The quantitative estimate of drug-likeness (QED) is 0.736. The molecule has 0 saturated heterocycles. The highest BCUT2D eigenvalue weighted by Crippen LogP contribution is 2.20. The Morgan fingerprint density at radius 3 is 2.53 bits per heavy atom. The fourth-order valence-corrected chi connectivity index (χ4v) is 1.95. The van der Waals surface area contributed by atoms with Crippen LogP contribution in [-0.2, 0) is 17.8 Å². The minimum atomic E-state index is 0.655. The van der Waals surface area contributed by atoms with Crippen LogP contribution in [0.5, 0.6) is 0 Å². The molecule has 1 N–H and O–H groups in total. The van der Waals surface area contributed by atoms with Gasteiger partial charge in [-0.05, 0) is 11.1 Å². The highest BCUT2D eigenvalue weighted by Gasteiger charge is 2.20. The van der Waals surface area contributed by atoms with Crippen LogP contribution in [0.3, 0.4) is 0 Å². The second kappa shape index (κ2) is 3.55. The van der Waals surface area contributed by atoms with Gasteiger partial charge in [0.25, 0.3) is 6.02 Å². The van der Waals surface area contributed by atoms with Gasteiger partial charge in [-0.25, -0.2) is 10.0 Å². The van der Waals surface area contributed by atoms with Crippen LogP contribution < -0.4 is 5.43 Å². The predicted octanol–water partition coefficient (Wildman–Crippen LogP) is 0.893. The average Bonchev–Trinajstić information content (AvgIpc) is 2.86. The molecule has 0 fully saturated rings. The fraction of sp³-hybridized carbons (Fsp3) is 0.364. The van der Waals surface area contributed by atoms with Crippen LogP contribution in [0.25, 0.3) is 0 Å². The van der Waals surface area contributed by atoms with Gasteiger partial charge in [0.05, 0.1) is 6.54 Å². The van der Waals surface area contributed by atoms with Crippen molar-refractivity contribution in [2.75, 3.05) is 13.2 Å². The maximum Gasteiger partial charge on any atom is 0.299 e. The van der Waals surface area contributed by atoms with Crippen molar-refractivity contribution in [1.29, 1.82) is 0 Å². The molecule has 0 amide bonds. The number of benzene rings is 1. The van der Waals surface area contributed by atoms with E-state index in [-0.39, 0.29) is 0 Å². The molecule has 0 radical (unpaired) electrons. The van der Waals surface area contributed by atoms with Crippen LogP contribution in [0.2, 0.25) is 0 Å². The Morgan fingerprint density at radius 1 is 1.20 bits per heavy atom. The van der Waals surface area contributed by atoms with Crippen molar-refractivity contribution < 1.29 is 4.74 Å². The van der Waals surface area contributed by atoms with Crippen LogP contribution in [0, 0.1) is 0 Å². The number of fused-ring (bicyclic) bond motifs is 1. The Kier molecular flexibility index (Phi) is 2.07. The fourth-order valence-electron chi connectivity index (χ4n) is 1.95. The molecule has 2 aliphatic rings. The third kappa shape index (κ3) is 1.68. The largest absolute Gasteiger partial charge is 0.462 e. The molecule has 0 spiro atoms. The molecule has 2 heterocycles. The van der Waals surface area contributed by atoms with Crippen LogP contribution >= 0.6 is 0 Å². The highest BCUT2D eigenvalue weighted by molar-refractivity contribution is 5.74. The summed E-state index contributed by atoms with van der Waals surface area (Å²) in [6.07, 6.45) is 0. The molecule has 78 valence electrons. The molecule has 0 aliphatic carbocycles. The zero-order chi connectivity index (χ0) is 10.1. The number of hydrogen-bond acceptors (Lipinski definition) is 4. The standard InChI is InChI=1S/C11H13N3O/c1-2-4-10-8-14(7-9(10)3-1)13-11-12-5-6-15-11/h1-4H,5-8H2,(H,12,13). The number of rotatable bonds is 1. The Hall–Kier alpha value is -1.55. The minimum absolute atomic E-state index is 0.655. The van der Waals surface area contributed by atoms with Crippen molar-refractivity contribution in [3.8, 4) is 0 Å². The molecule has 2 aliphatic heterocycles. The maximum absolute atomic E-state index is 5.31. The zero-order valence-electron chi connectivity index (χ0n) is 8.44. The second-order valence-electron chi connectivity index (χ2n) is 3.77. The Bertz CT molecular complexity index is 378. The van der Waals surface area contributed by atoms with Gasteiger partial charge >= 0.3 is 0 Å². The first-order valence-electron chi connectivity index (χ1n) is 5.17. The lowest BCUT2D eigenvalue weighted by molar-refractivity contribution is 0.206. The minimum Gasteiger partial charge on any atom is -0.462 e. The number of nitrogens with one attached hydrogen (secondary N) is 1. The molecule has 4 nitrogen and oxygen atoms in total. The third-order valence-corrected chi connectivity index (χ3v) is 2.68. The molecular weight excluding hydrogens is 190 g/mol. The third-order valence-electron chi connectivity index (χ3n) is 2.68. The summed E-state index contributed by atoms with van der Waals surface area (Å²) in [5.74, 6) is 0. The van der Waals surface area contributed by atoms with E-state index < -0.39 is 0 Å². The van der Waals surface area contributed by atoms with E-state index in [2.05, 4.69) is 39.7 Å². The molecule has 1 aromatic rings. The van der Waals surface area contributed by atoms with Gasteiger partial charge in [-0.15, -0.1) is 0 Å². The van der Waals surface area contributed by atoms with E-state index in [1.165, 1.54) is 11.1 Å². The molecule has 3 rings (SSSR count). The molecule has 0 atom stereocenters. The topological polar surface area (TPSA) is 36.9 Å². The van der Waals surface area contributed by atoms with Crippen LogP contribution in [-0.4, -0.2) is 24.2 Å². The van der Waals surface area contributed by atoms with E-state index in [0.29, 0.717) is 12.6 Å². The molecule has 15 heavy (non-hydrogen) atoms. The summed E-state index contributed by atoms with van der Waals surface area (Å²) < 4.78 is 5.31. The molecule has 0 saturated carbocycles. The summed E-state index contributed by atoms with van der Waals surface area (Å²) in [4.78, 5) is 4.20.